The quantitative estimate of drug-likeness (QED) is 0.826. The number of aryl methyl sites for hydroxylation is 1. The van der Waals surface area contributed by atoms with Gasteiger partial charge in [0.1, 0.15) is 5.75 Å². The first-order valence-corrected chi connectivity index (χ1v) is 5.64. The molecule has 0 unspecified atom stereocenters. The first kappa shape index (κ1) is 9.70. The topological polar surface area (TPSA) is 46.5 Å². The number of carboxylic acid groups (broad SMARTS) is 1. The van der Waals surface area contributed by atoms with Gasteiger partial charge in [0.05, 0.1) is 12.0 Å². The molecule has 3 rings (SSSR count). The minimum Gasteiger partial charge on any atom is -0.493 e. The van der Waals surface area contributed by atoms with E-state index in [0.717, 1.165) is 42.7 Å². The molecule has 84 valence electrons. The molecule has 1 saturated carbocycles. The third kappa shape index (κ3) is 1.17. The zero-order valence-corrected chi connectivity index (χ0v) is 9.25. The molecule has 1 aromatic carbocycles. The molecule has 0 saturated heterocycles. The molecule has 0 bridgehead atoms. The van der Waals surface area contributed by atoms with Gasteiger partial charge in [0.25, 0.3) is 0 Å². The Labute approximate surface area is 94.0 Å². The predicted octanol–water partition coefficient (Wildman–Crippen LogP) is 2.05. The Kier molecular flexibility index (Phi) is 1.82. The number of carboxylic acids is 1. The monoisotopic (exact) mass is 218 g/mol. The van der Waals surface area contributed by atoms with E-state index in [0.29, 0.717) is 0 Å². The van der Waals surface area contributed by atoms with Gasteiger partial charge in [-0.25, -0.2) is 0 Å². The Morgan fingerprint density at radius 1 is 1.44 bits per heavy atom. The van der Waals surface area contributed by atoms with Gasteiger partial charge >= 0.3 is 5.97 Å². The molecule has 3 nitrogen and oxygen atoms in total. The van der Waals surface area contributed by atoms with Crippen LogP contribution in [0.2, 0.25) is 0 Å². The molecule has 1 N–H and O–H groups in total. The Morgan fingerprint density at radius 3 is 2.81 bits per heavy atom. The molecular formula is C13H14O3. The van der Waals surface area contributed by atoms with Crippen LogP contribution in [0.1, 0.15) is 29.5 Å². The fourth-order valence-corrected chi connectivity index (χ4v) is 2.53. The molecule has 1 aliphatic heterocycles. The molecule has 1 aliphatic carbocycles. The van der Waals surface area contributed by atoms with Crippen molar-refractivity contribution < 1.29 is 14.6 Å². The summed E-state index contributed by atoms with van der Waals surface area (Å²) in [6.07, 6.45) is 2.43. The van der Waals surface area contributed by atoms with Crippen LogP contribution in [0.15, 0.2) is 12.1 Å². The summed E-state index contributed by atoms with van der Waals surface area (Å²) in [5.41, 5.74) is 2.60. The highest BCUT2D eigenvalue weighted by atomic mass is 16.5. The van der Waals surface area contributed by atoms with Crippen molar-refractivity contribution in [3.05, 3.63) is 28.8 Å². The maximum absolute atomic E-state index is 11.3. The van der Waals surface area contributed by atoms with Gasteiger partial charge in [0.2, 0.25) is 0 Å². The maximum Gasteiger partial charge on any atom is 0.314 e. The molecule has 0 aromatic heterocycles. The first-order chi connectivity index (χ1) is 7.63. The number of benzene rings is 1. The highest BCUT2D eigenvalue weighted by Gasteiger charge is 2.52. The van der Waals surface area contributed by atoms with Crippen LogP contribution in [0.5, 0.6) is 5.75 Å². The van der Waals surface area contributed by atoms with Gasteiger partial charge in [-0.3, -0.25) is 4.79 Å². The molecule has 0 radical (unpaired) electrons. The molecule has 16 heavy (non-hydrogen) atoms. The van der Waals surface area contributed by atoms with Crippen molar-refractivity contribution in [3.63, 3.8) is 0 Å². The standard InChI is InChI=1S/C13H14O3/c1-8-6-10(13(3-4-13)12(14)15)7-9-2-5-16-11(8)9/h6-7H,2-5H2,1H3,(H,14,15). The van der Waals surface area contributed by atoms with E-state index in [-0.39, 0.29) is 0 Å². The van der Waals surface area contributed by atoms with Crippen LogP contribution >= 0.6 is 0 Å². The summed E-state index contributed by atoms with van der Waals surface area (Å²) in [5, 5.41) is 9.27. The largest absolute Gasteiger partial charge is 0.493 e. The Hall–Kier alpha value is -1.51. The van der Waals surface area contributed by atoms with Crippen LogP contribution in [0.3, 0.4) is 0 Å². The van der Waals surface area contributed by atoms with Crippen molar-refractivity contribution in [1.29, 1.82) is 0 Å². The summed E-state index contributed by atoms with van der Waals surface area (Å²) in [6.45, 7) is 2.71. The van der Waals surface area contributed by atoms with Crippen LogP contribution in [0.25, 0.3) is 0 Å². The van der Waals surface area contributed by atoms with Crippen molar-refractivity contribution in [3.8, 4) is 5.75 Å². The summed E-state index contributed by atoms with van der Waals surface area (Å²) in [7, 11) is 0. The number of ether oxygens (including phenoxy) is 1. The summed E-state index contributed by atoms with van der Waals surface area (Å²) < 4.78 is 5.53. The van der Waals surface area contributed by atoms with E-state index in [4.69, 9.17) is 4.74 Å². The second-order valence-corrected chi connectivity index (χ2v) is 4.77. The molecular weight excluding hydrogens is 204 g/mol. The van der Waals surface area contributed by atoms with Crippen LogP contribution in [-0.4, -0.2) is 17.7 Å². The smallest absolute Gasteiger partial charge is 0.314 e. The second-order valence-electron chi connectivity index (χ2n) is 4.77. The van der Waals surface area contributed by atoms with E-state index >= 15 is 0 Å². The lowest BCUT2D eigenvalue weighted by Crippen LogP contribution is -2.19. The number of fused-ring (bicyclic) bond motifs is 1. The fraction of sp³-hybridized carbons (Fsp3) is 0.462. The molecule has 1 heterocycles. The zero-order chi connectivity index (χ0) is 11.3. The Morgan fingerprint density at radius 2 is 2.19 bits per heavy atom. The van der Waals surface area contributed by atoms with Crippen LogP contribution in [0.4, 0.5) is 0 Å². The minimum atomic E-state index is -0.689. The lowest BCUT2D eigenvalue weighted by molar-refractivity contribution is -0.140. The molecule has 1 aromatic rings. The SMILES string of the molecule is Cc1cc(C2(C(=O)O)CC2)cc2c1OCC2. The van der Waals surface area contributed by atoms with Gasteiger partial charge in [-0.15, -0.1) is 0 Å². The van der Waals surface area contributed by atoms with Gasteiger partial charge in [0, 0.05) is 6.42 Å². The molecule has 0 atom stereocenters. The maximum atomic E-state index is 11.3. The van der Waals surface area contributed by atoms with Gasteiger partial charge in [0.15, 0.2) is 0 Å². The number of hydrogen-bond acceptors (Lipinski definition) is 2. The minimum absolute atomic E-state index is 0.595. The van der Waals surface area contributed by atoms with E-state index in [2.05, 4.69) is 0 Å². The van der Waals surface area contributed by atoms with Crippen LogP contribution < -0.4 is 4.74 Å². The number of hydrogen-bond donors (Lipinski definition) is 1. The molecule has 0 amide bonds. The summed E-state index contributed by atoms with van der Waals surface area (Å²) in [5.74, 6) is 0.274. The second kappa shape index (κ2) is 3.00. The Balaban J connectivity index is 2.10. The normalized spacial score (nSPS) is 20.1. The van der Waals surface area contributed by atoms with Crippen molar-refractivity contribution in [2.24, 2.45) is 0 Å². The van der Waals surface area contributed by atoms with E-state index in [1.54, 1.807) is 0 Å². The highest BCUT2D eigenvalue weighted by molar-refractivity contribution is 5.85. The average Bonchev–Trinajstić information content (AvgIpc) is 2.92. The predicted molar refractivity (Wildman–Crippen MR) is 58.9 cm³/mol. The number of carbonyl (C=O) groups is 1. The molecule has 2 aliphatic rings. The average molecular weight is 218 g/mol. The van der Waals surface area contributed by atoms with Gasteiger partial charge in [-0.1, -0.05) is 12.1 Å². The molecule has 0 spiro atoms. The van der Waals surface area contributed by atoms with Crippen molar-refractivity contribution in [1.82, 2.24) is 0 Å². The van der Waals surface area contributed by atoms with Gasteiger partial charge < -0.3 is 9.84 Å². The lowest BCUT2D eigenvalue weighted by Gasteiger charge is -2.13. The molecule has 3 heteroatoms. The van der Waals surface area contributed by atoms with Crippen LogP contribution in [-0.2, 0) is 16.6 Å². The summed E-state index contributed by atoms with van der Waals surface area (Å²) in [6, 6.07) is 4.00. The van der Waals surface area contributed by atoms with E-state index < -0.39 is 11.4 Å². The van der Waals surface area contributed by atoms with Crippen molar-refractivity contribution in [2.75, 3.05) is 6.61 Å². The van der Waals surface area contributed by atoms with E-state index in [9.17, 15) is 9.90 Å². The van der Waals surface area contributed by atoms with E-state index in [1.807, 2.05) is 19.1 Å². The third-order valence-corrected chi connectivity index (χ3v) is 3.68. The molecule has 1 fully saturated rings. The number of aliphatic carboxylic acids is 1. The van der Waals surface area contributed by atoms with Crippen molar-refractivity contribution in [2.45, 2.75) is 31.6 Å². The highest BCUT2D eigenvalue weighted by Crippen LogP contribution is 2.50. The Bertz CT molecular complexity index is 472. The van der Waals surface area contributed by atoms with Gasteiger partial charge in [-0.2, -0.15) is 0 Å². The number of rotatable bonds is 2. The van der Waals surface area contributed by atoms with Crippen molar-refractivity contribution >= 4 is 5.97 Å². The van der Waals surface area contributed by atoms with E-state index in [1.165, 1.54) is 5.56 Å². The van der Waals surface area contributed by atoms with Gasteiger partial charge in [-0.05, 0) is 36.5 Å². The first-order valence-electron chi connectivity index (χ1n) is 5.64. The summed E-state index contributed by atoms with van der Waals surface area (Å²) in [4.78, 5) is 11.3. The third-order valence-electron chi connectivity index (χ3n) is 3.68. The lowest BCUT2D eigenvalue weighted by atomic mass is 9.92. The fourth-order valence-electron chi connectivity index (χ4n) is 2.53. The summed E-state index contributed by atoms with van der Waals surface area (Å²) >= 11 is 0. The zero-order valence-electron chi connectivity index (χ0n) is 9.25. The van der Waals surface area contributed by atoms with Crippen LogP contribution in [0, 0.1) is 6.92 Å².